The Morgan fingerprint density at radius 2 is 1.84 bits per heavy atom. The van der Waals surface area contributed by atoms with Crippen LogP contribution in [0, 0.1) is 12.7 Å². The van der Waals surface area contributed by atoms with Gasteiger partial charge in [-0.05, 0) is 55.0 Å². The molecule has 0 aliphatic carbocycles. The van der Waals surface area contributed by atoms with Gasteiger partial charge in [-0.1, -0.05) is 29.5 Å². The van der Waals surface area contributed by atoms with Gasteiger partial charge in [0.15, 0.2) is 15.0 Å². The van der Waals surface area contributed by atoms with E-state index < -0.39 is 27.3 Å². The number of hydrogen-bond donors (Lipinski definition) is 0. The van der Waals surface area contributed by atoms with E-state index in [4.69, 9.17) is 0 Å². The van der Waals surface area contributed by atoms with E-state index in [-0.39, 0.29) is 11.4 Å². The average molecular weight is 456 g/mol. The summed E-state index contributed by atoms with van der Waals surface area (Å²) in [5, 5.41) is 0.397. The van der Waals surface area contributed by atoms with Gasteiger partial charge in [-0.15, -0.1) is 0 Å². The number of anilines is 1. The van der Waals surface area contributed by atoms with Crippen LogP contribution in [0.5, 0.6) is 0 Å². The number of carbonyl (C=O) groups excluding carboxylic acids is 1. The minimum absolute atomic E-state index is 0.0808. The summed E-state index contributed by atoms with van der Waals surface area (Å²) < 4.78 is 39.6. The van der Waals surface area contributed by atoms with Crippen molar-refractivity contribution in [1.29, 1.82) is 0 Å². The van der Waals surface area contributed by atoms with Gasteiger partial charge in [0.1, 0.15) is 11.6 Å². The third-order valence-corrected chi connectivity index (χ3v) is 7.33. The summed E-state index contributed by atoms with van der Waals surface area (Å²) in [4.78, 5) is 23.3. The van der Waals surface area contributed by atoms with Gasteiger partial charge in [-0.25, -0.2) is 17.8 Å². The predicted molar refractivity (Wildman–Crippen MR) is 118 cm³/mol. The number of nitrogens with zero attached hydrogens (tertiary/aromatic N) is 3. The summed E-state index contributed by atoms with van der Waals surface area (Å²) >= 11 is 1.31. The molecule has 0 aliphatic rings. The van der Waals surface area contributed by atoms with Gasteiger partial charge in [0, 0.05) is 6.20 Å². The second-order valence-corrected chi connectivity index (χ2v) is 9.93. The van der Waals surface area contributed by atoms with E-state index >= 15 is 0 Å². The molecule has 2 heterocycles. The lowest BCUT2D eigenvalue weighted by atomic mass is 10.2. The van der Waals surface area contributed by atoms with Crippen molar-refractivity contribution in [3.8, 4) is 0 Å². The van der Waals surface area contributed by atoms with E-state index in [9.17, 15) is 17.6 Å². The van der Waals surface area contributed by atoms with Gasteiger partial charge in [0.05, 0.1) is 27.4 Å². The van der Waals surface area contributed by atoms with Crippen molar-refractivity contribution in [3.05, 3.63) is 83.9 Å². The van der Waals surface area contributed by atoms with E-state index in [0.29, 0.717) is 10.8 Å². The Kier molecular flexibility index (Phi) is 5.79. The number of carbonyl (C=O) groups is 1. The van der Waals surface area contributed by atoms with Crippen molar-refractivity contribution >= 4 is 42.4 Å². The molecule has 0 aliphatic heterocycles. The highest BCUT2D eigenvalue weighted by atomic mass is 32.2. The number of thiazole rings is 1. The Labute approximate surface area is 182 Å². The highest BCUT2D eigenvalue weighted by Gasteiger charge is 2.27. The number of rotatable bonds is 6. The van der Waals surface area contributed by atoms with Crippen LogP contribution in [0.25, 0.3) is 10.2 Å². The molecule has 0 unspecified atom stereocenters. The summed E-state index contributed by atoms with van der Waals surface area (Å²) in [6.07, 6.45) is 1.61. The molecule has 0 radical (unpaired) electrons. The molecule has 0 spiro atoms. The van der Waals surface area contributed by atoms with Crippen molar-refractivity contribution in [3.63, 3.8) is 0 Å². The quantitative estimate of drug-likeness (QED) is 0.408. The first-order valence-electron chi connectivity index (χ1n) is 9.38. The predicted octanol–water partition coefficient (Wildman–Crippen LogP) is 4.15. The zero-order chi connectivity index (χ0) is 22.0. The van der Waals surface area contributed by atoms with Crippen LogP contribution in [0.15, 0.2) is 71.8 Å². The van der Waals surface area contributed by atoms with Gasteiger partial charge >= 0.3 is 0 Å². The lowest BCUT2D eigenvalue weighted by molar-refractivity contribution is -0.116. The standard InChI is InChI=1S/C22H18FN3O3S2/c1-15-5-4-7-19-21(15)25-22(30-19)26(13-17-6-2-3-12-24-17)20(27)14-31(28,29)18-10-8-16(23)9-11-18/h2-12H,13-14H2,1H3. The van der Waals surface area contributed by atoms with Gasteiger partial charge in [-0.2, -0.15) is 0 Å². The SMILES string of the molecule is Cc1cccc2sc(N(Cc3ccccn3)C(=O)CS(=O)(=O)c3ccc(F)cc3)nc12. The molecule has 0 bridgehead atoms. The number of amides is 1. The Morgan fingerprint density at radius 1 is 1.06 bits per heavy atom. The maximum atomic E-state index is 13.2. The van der Waals surface area contributed by atoms with E-state index in [2.05, 4.69) is 9.97 Å². The van der Waals surface area contributed by atoms with Crippen molar-refractivity contribution in [1.82, 2.24) is 9.97 Å². The molecule has 6 nitrogen and oxygen atoms in total. The molecule has 31 heavy (non-hydrogen) atoms. The molecular formula is C22H18FN3O3S2. The van der Waals surface area contributed by atoms with Crippen molar-refractivity contribution < 1.29 is 17.6 Å². The highest BCUT2D eigenvalue weighted by molar-refractivity contribution is 7.92. The minimum atomic E-state index is -3.96. The number of hydrogen-bond acceptors (Lipinski definition) is 6. The van der Waals surface area contributed by atoms with E-state index in [1.165, 1.54) is 16.2 Å². The molecule has 2 aromatic heterocycles. The summed E-state index contributed by atoms with van der Waals surface area (Å²) in [6.45, 7) is 2.01. The fourth-order valence-electron chi connectivity index (χ4n) is 3.07. The van der Waals surface area contributed by atoms with Gasteiger partial charge in [0.25, 0.3) is 0 Å². The smallest absolute Gasteiger partial charge is 0.244 e. The normalized spacial score (nSPS) is 11.5. The Morgan fingerprint density at radius 3 is 2.52 bits per heavy atom. The number of benzene rings is 2. The first kappa shape index (κ1) is 21.1. The molecule has 1 amide bonds. The van der Waals surface area contributed by atoms with Crippen LogP contribution in [0.2, 0.25) is 0 Å². The molecule has 0 fully saturated rings. The van der Waals surface area contributed by atoms with Crippen LogP contribution in [0.4, 0.5) is 9.52 Å². The number of fused-ring (bicyclic) bond motifs is 1. The first-order chi connectivity index (χ1) is 14.8. The highest BCUT2D eigenvalue weighted by Crippen LogP contribution is 2.31. The molecule has 4 aromatic rings. The van der Waals surface area contributed by atoms with Crippen LogP contribution in [0.1, 0.15) is 11.3 Å². The molecule has 158 valence electrons. The zero-order valence-electron chi connectivity index (χ0n) is 16.5. The topological polar surface area (TPSA) is 80.2 Å². The monoisotopic (exact) mass is 455 g/mol. The van der Waals surface area contributed by atoms with Crippen molar-refractivity contribution in [2.75, 3.05) is 10.7 Å². The summed E-state index contributed by atoms with van der Waals surface area (Å²) in [6, 6.07) is 15.5. The Hall–Kier alpha value is -3.17. The number of aromatic nitrogens is 2. The second-order valence-electron chi connectivity index (χ2n) is 6.93. The molecule has 2 aromatic carbocycles. The maximum Gasteiger partial charge on any atom is 0.244 e. The van der Waals surface area contributed by atoms with Gasteiger partial charge in [0.2, 0.25) is 5.91 Å². The number of pyridine rings is 1. The Bertz CT molecular complexity index is 1340. The summed E-state index contributed by atoms with van der Waals surface area (Å²) in [7, 11) is -3.96. The average Bonchev–Trinajstić information content (AvgIpc) is 3.18. The lowest BCUT2D eigenvalue weighted by Gasteiger charge is -2.19. The van der Waals surface area contributed by atoms with Crippen LogP contribution >= 0.6 is 11.3 Å². The van der Waals surface area contributed by atoms with E-state index in [1.54, 1.807) is 24.4 Å². The third-order valence-electron chi connectivity index (χ3n) is 4.67. The molecule has 0 saturated carbocycles. The number of para-hydroxylation sites is 1. The third kappa shape index (κ3) is 4.62. The van der Waals surface area contributed by atoms with Crippen LogP contribution in [-0.4, -0.2) is 30.0 Å². The van der Waals surface area contributed by atoms with Crippen molar-refractivity contribution in [2.45, 2.75) is 18.4 Å². The minimum Gasteiger partial charge on any atom is -0.281 e. The van der Waals surface area contributed by atoms with Crippen molar-refractivity contribution in [2.24, 2.45) is 0 Å². The zero-order valence-corrected chi connectivity index (χ0v) is 18.2. The van der Waals surface area contributed by atoms with E-state index in [1.807, 2.05) is 25.1 Å². The number of halogens is 1. The number of sulfone groups is 1. The van der Waals surface area contributed by atoms with Crippen LogP contribution in [-0.2, 0) is 21.2 Å². The van der Waals surface area contributed by atoms with Crippen LogP contribution < -0.4 is 4.90 Å². The lowest BCUT2D eigenvalue weighted by Crippen LogP contribution is -2.35. The second kappa shape index (κ2) is 8.52. The van der Waals surface area contributed by atoms with Gasteiger partial charge in [-0.3, -0.25) is 14.7 Å². The molecular weight excluding hydrogens is 437 g/mol. The summed E-state index contributed by atoms with van der Waals surface area (Å²) in [5.41, 5.74) is 2.33. The largest absolute Gasteiger partial charge is 0.281 e. The maximum absolute atomic E-state index is 13.2. The van der Waals surface area contributed by atoms with E-state index in [0.717, 1.165) is 40.0 Å². The molecule has 4 rings (SSSR count). The molecule has 0 N–H and O–H groups in total. The fraction of sp³-hybridized carbons (Fsp3) is 0.136. The molecule has 0 atom stereocenters. The summed E-state index contributed by atoms with van der Waals surface area (Å²) in [5.74, 6) is -1.95. The van der Waals surface area contributed by atoms with Gasteiger partial charge < -0.3 is 0 Å². The molecule has 9 heteroatoms. The number of aryl methyl sites for hydroxylation is 1. The molecule has 0 saturated heterocycles. The fourth-order valence-corrected chi connectivity index (χ4v) is 5.33. The first-order valence-corrected chi connectivity index (χ1v) is 11.8. The Balaban J connectivity index is 1.70. The van der Waals surface area contributed by atoms with Crippen LogP contribution in [0.3, 0.4) is 0 Å².